The average molecular weight is 190 g/mol. The lowest BCUT2D eigenvalue weighted by Gasteiger charge is -2.05. The maximum absolute atomic E-state index is 11.2. The van der Waals surface area contributed by atoms with E-state index in [9.17, 15) is 4.79 Å². The van der Waals surface area contributed by atoms with Crippen LogP contribution in [-0.2, 0) is 4.79 Å². The molecule has 0 spiro atoms. The molecule has 0 aliphatic rings. The van der Waals surface area contributed by atoms with Crippen LogP contribution in [0.4, 0.5) is 5.69 Å². The van der Waals surface area contributed by atoms with Crippen molar-refractivity contribution in [1.29, 1.82) is 0 Å². The smallest absolute Gasteiger partial charge is 0.239 e. The predicted octanol–water partition coefficient (Wildman–Crippen LogP) is 1.40. The maximum atomic E-state index is 11.2. The first-order chi connectivity index (χ1) is 6.83. The molecule has 0 aromatic heterocycles. The van der Waals surface area contributed by atoms with Gasteiger partial charge >= 0.3 is 0 Å². The van der Waals surface area contributed by atoms with Gasteiger partial charge in [-0.3, -0.25) is 4.79 Å². The molecular weight excluding hydrogens is 176 g/mol. The van der Waals surface area contributed by atoms with Gasteiger partial charge in [0.1, 0.15) is 0 Å². The van der Waals surface area contributed by atoms with E-state index >= 15 is 0 Å². The molecule has 0 aliphatic heterocycles. The van der Waals surface area contributed by atoms with Crippen LogP contribution in [0.2, 0.25) is 0 Å². The topological polar surface area (TPSA) is 41.1 Å². The van der Waals surface area contributed by atoms with Crippen molar-refractivity contribution in [2.24, 2.45) is 0 Å². The molecule has 1 rings (SSSR count). The van der Waals surface area contributed by atoms with Gasteiger partial charge in [-0.05, 0) is 12.1 Å². The number of carbonyl (C=O) groups excluding carboxylic acids is 1. The summed E-state index contributed by atoms with van der Waals surface area (Å²) >= 11 is 0. The fourth-order valence-corrected chi connectivity index (χ4v) is 0.987. The van der Waals surface area contributed by atoms with E-state index in [1.807, 2.05) is 30.3 Å². The third kappa shape index (κ3) is 3.76. The number of nitrogens with one attached hydrogen (secondary N) is 2. The number of hydrogen-bond acceptors (Lipinski definition) is 2. The van der Waals surface area contributed by atoms with E-state index in [1.54, 1.807) is 6.08 Å². The highest BCUT2D eigenvalue weighted by molar-refractivity contribution is 5.80. The first kappa shape index (κ1) is 10.3. The fourth-order valence-electron chi connectivity index (χ4n) is 0.987. The largest absolute Gasteiger partial charge is 0.376 e. The Hall–Kier alpha value is -1.77. The van der Waals surface area contributed by atoms with Crippen molar-refractivity contribution in [3.8, 4) is 0 Å². The van der Waals surface area contributed by atoms with Crippen LogP contribution in [0.15, 0.2) is 43.0 Å². The number of carbonyl (C=O) groups is 1. The van der Waals surface area contributed by atoms with Crippen molar-refractivity contribution < 1.29 is 4.79 Å². The third-order valence-corrected chi connectivity index (χ3v) is 1.67. The van der Waals surface area contributed by atoms with Gasteiger partial charge in [0.25, 0.3) is 0 Å². The standard InChI is InChI=1S/C11H14N2O/c1-2-8-12-11(14)9-13-10-6-4-3-5-7-10/h2-7,13H,1,8-9H2,(H,12,14). The van der Waals surface area contributed by atoms with Gasteiger partial charge in [-0.2, -0.15) is 0 Å². The van der Waals surface area contributed by atoms with Gasteiger partial charge in [0, 0.05) is 12.2 Å². The molecule has 0 saturated heterocycles. The van der Waals surface area contributed by atoms with E-state index in [-0.39, 0.29) is 12.5 Å². The lowest BCUT2D eigenvalue weighted by Crippen LogP contribution is -2.29. The molecule has 0 fully saturated rings. The van der Waals surface area contributed by atoms with Crippen molar-refractivity contribution in [3.63, 3.8) is 0 Å². The Balaban J connectivity index is 2.27. The molecule has 3 nitrogen and oxygen atoms in total. The summed E-state index contributed by atoms with van der Waals surface area (Å²) in [5.41, 5.74) is 0.946. The quantitative estimate of drug-likeness (QED) is 0.689. The van der Waals surface area contributed by atoms with E-state index in [0.717, 1.165) is 5.69 Å². The van der Waals surface area contributed by atoms with Crippen LogP contribution in [0.5, 0.6) is 0 Å². The Morgan fingerprint density at radius 2 is 2.07 bits per heavy atom. The lowest BCUT2D eigenvalue weighted by atomic mass is 10.3. The second-order valence-electron chi connectivity index (χ2n) is 2.81. The number of hydrogen-bond donors (Lipinski definition) is 2. The highest BCUT2D eigenvalue weighted by Crippen LogP contribution is 2.03. The summed E-state index contributed by atoms with van der Waals surface area (Å²) in [6.07, 6.45) is 1.65. The molecule has 1 aromatic carbocycles. The fraction of sp³-hybridized carbons (Fsp3) is 0.182. The van der Waals surface area contributed by atoms with Crippen LogP contribution in [0.25, 0.3) is 0 Å². The normalized spacial score (nSPS) is 9.14. The molecule has 2 N–H and O–H groups in total. The second kappa shape index (κ2) is 5.80. The maximum Gasteiger partial charge on any atom is 0.239 e. The zero-order valence-electron chi connectivity index (χ0n) is 7.99. The van der Waals surface area contributed by atoms with E-state index < -0.39 is 0 Å². The molecule has 74 valence electrons. The number of para-hydroxylation sites is 1. The van der Waals surface area contributed by atoms with Crippen LogP contribution in [0.3, 0.4) is 0 Å². The van der Waals surface area contributed by atoms with Crippen LogP contribution >= 0.6 is 0 Å². The summed E-state index contributed by atoms with van der Waals surface area (Å²) in [6.45, 7) is 4.31. The highest BCUT2D eigenvalue weighted by Gasteiger charge is 1.97. The van der Waals surface area contributed by atoms with Crippen molar-refractivity contribution >= 4 is 11.6 Å². The van der Waals surface area contributed by atoms with Crippen LogP contribution < -0.4 is 10.6 Å². The number of amides is 1. The monoisotopic (exact) mass is 190 g/mol. The van der Waals surface area contributed by atoms with E-state index in [0.29, 0.717) is 6.54 Å². The zero-order chi connectivity index (χ0) is 10.2. The minimum atomic E-state index is -0.0336. The molecule has 1 aromatic rings. The molecule has 0 radical (unpaired) electrons. The third-order valence-electron chi connectivity index (χ3n) is 1.67. The summed E-state index contributed by atoms with van der Waals surface area (Å²) in [5.74, 6) is -0.0336. The summed E-state index contributed by atoms with van der Waals surface area (Å²) in [4.78, 5) is 11.2. The molecule has 0 bridgehead atoms. The Bertz CT molecular complexity index is 295. The van der Waals surface area contributed by atoms with Crippen molar-refractivity contribution in [2.75, 3.05) is 18.4 Å². The van der Waals surface area contributed by atoms with Crippen LogP contribution in [0.1, 0.15) is 0 Å². The predicted molar refractivity (Wildman–Crippen MR) is 58.1 cm³/mol. The molecule has 0 atom stereocenters. The summed E-state index contributed by atoms with van der Waals surface area (Å²) in [6, 6.07) is 9.61. The highest BCUT2D eigenvalue weighted by atomic mass is 16.1. The zero-order valence-corrected chi connectivity index (χ0v) is 7.99. The summed E-state index contributed by atoms with van der Waals surface area (Å²) < 4.78 is 0. The second-order valence-corrected chi connectivity index (χ2v) is 2.81. The van der Waals surface area contributed by atoms with E-state index in [4.69, 9.17) is 0 Å². The molecule has 0 heterocycles. The average Bonchev–Trinajstić information content (AvgIpc) is 2.25. The first-order valence-corrected chi connectivity index (χ1v) is 4.49. The summed E-state index contributed by atoms with van der Waals surface area (Å²) in [5, 5.41) is 5.69. The Labute approximate surface area is 83.8 Å². The molecule has 3 heteroatoms. The lowest BCUT2D eigenvalue weighted by molar-refractivity contribution is -0.119. The SMILES string of the molecule is C=CCNC(=O)CNc1ccccc1. The molecule has 1 amide bonds. The van der Waals surface area contributed by atoms with Gasteiger partial charge in [-0.1, -0.05) is 24.3 Å². The van der Waals surface area contributed by atoms with Gasteiger partial charge in [0.05, 0.1) is 6.54 Å². The van der Waals surface area contributed by atoms with Gasteiger partial charge in [0.2, 0.25) is 5.91 Å². The number of anilines is 1. The van der Waals surface area contributed by atoms with Gasteiger partial charge < -0.3 is 10.6 Å². The number of benzene rings is 1. The van der Waals surface area contributed by atoms with E-state index in [1.165, 1.54) is 0 Å². The Morgan fingerprint density at radius 3 is 2.71 bits per heavy atom. The van der Waals surface area contributed by atoms with Crippen LogP contribution in [0, 0.1) is 0 Å². The Kier molecular flexibility index (Phi) is 4.27. The van der Waals surface area contributed by atoms with Gasteiger partial charge in [0.15, 0.2) is 0 Å². The van der Waals surface area contributed by atoms with Crippen LogP contribution in [-0.4, -0.2) is 19.0 Å². The van der Waals surface area contributed by atoms with Crippen molar-refractivity contribution in [1.82, 2.24) is 5.32 Å². The molecule has 0 saturated carbocycles. The first-order valence-electron chi connectivity index (χ1n) is 4.49. The molecule has 0 aliphatic carbocycles. The minimum Gasteiger partial charge on any atom is -0.376 e. The minimum absolute atomic E-state index is 0.0336. The molecule has 0 unspecified atom stereocenters. The van der Waals surface area contributed by atoms with Crippen molar-refractivity contribution in [2.45, 2.75) is 0 Å². The van der Waals surface area contributed by atoms with Crippen molar-refractivity contribution in [3.05, 3.63) is 43.0 Å². The van der Waals surface area contributed by atoms with Gasteiger partial charge in [-0.15, -0.1) is 6.58 Å². The van der Waals surface area contributed by atoms with E-state index in [2.05, 4.69) is 17.2 Å². The molecular formula is C11H14N2O. The Morgan fingerprint density at radius 1 is 1.36 bits per heavy atom. The summed E-state index contributed by atoms with van der Waals surface area (Å²) in [7, 11) is 0. The number of rotatable bonds is 5. The van der Waals surface area contributed by atoms with Gasteiger partial charge in [-0.25, -0.2) is 0 Å². The molecule has 14 heavy (non-hydrogen) atoms.